The number of nitrogens with zero attached hydrogens (tertiary/aromatic N) is 2. The molecule has 0 saturated heterocycles. The number of hydrogen-bond acceptors (Lipinski definition) is 5. The van der Waals surface area contributed by atoms with E-state index in [0.717, 1.165) is 16.3 Å². The fourth-order valence-corrected chi connectivity index (χ4v) is 3.10. The lowest BCUT2D eigenvalue weighted by Gasteiger charge is -2.07. The molecule has 0 radical (unpaired) electrons. The third kappa shape index (κ3) is 5.72. The summed E-state index contributed by atoms with van der Waals surface area (Å²) in [5, 5.41) is 6.86. The predicted octanol–water partition coefficient (Wildman–Crippen LogP) is 2.94. The van der Waals surface area contributed by atoms with E-state index in [1.165, 1.54) is 0 Å². The highest BCUT2D eigenvalue weighted by Crippen LogP contribution is 2.15. The van der Waals surface area contributed by atoms with E-state index < -0.39 is 5.97 Å². The van der Waals surface area contributed by atoms with Crippen molar-refractivity contribution in [3.63, 3.8) is 0 Å². The molecule has 6 nitrogen and oxygen atoms in total. The molecule has 27 heavy (non-hydrogen) atoms. The molecule has 0 aliphatic rings. The molecule has 0 unspecified atom stereocenters. The molecule has 0 aliphatic carbocycles. The molecular formula is C20H19N3O3S. The van der Waals surface area contributed by atoms with Crippen LogP contribution in [-0.2, 0) is 9.53 Å². The van der Waals surface area contributed by atoms with Gasteiger partial charge in [-0.05, 0) is 42.5 Å². The summed E-state index contributed by atoms with van der Waals surface area (Å²) in [4.78, 5) is 25.0. The third-order valence-electron chi connectivity index (χ3n) is 3.64. The lowest BCUT2D eigenvalue weighted by molar-refractivity contribution is -0.124. The van der Waals surface area contributed by atoms with Gasteiger partial charge in [-0.15, -0.1) is 11.8 Å². The molecule has 0 spiro atoms. The summed E-state index contributed by atoms with van der Waals surface area (Å²) in [6, 6.07) is 18.6. The largest absolute Gasteiger partial charge is 0.452 e. The second-order valence-electron chi connectivity index (χ2n) is 5.59. The van der Waals surface area contributed by atoms with E-state index in [4.69, 9.17) is 4.74 Å². The number of carbonyl (C=O) groups is 2. The van der Waals surface area contributed by atoms with Crippen LogP contribution >= 0.6 is 11.8 Å². The average Bonchev–Trinajstić information content (AvgIpc) is 3.25. The van der Waals surface area contributed by atoms with E-state index in [1.54, 1.807) is 46.9 Å². The fraction of sp³-hybridized carbons (Fsp3) is 0.150. The zero-order valence-electron chi connectivity index (χ0n) is 14.6. The van der Waals surface area contributed by atoms with E-state index in [-0.39, 0.29) is 12.5 Å². The maximum atomic E-state index is 12.0. The van der Waals surface area contributed by atoms with Crippen molar-refractivity contribution < 1.29 is 14.3 Å². The Labute approximate surface area is 161 Å². The Bertz CT molecular complexity index is 865. The van der Waals surface area contributed by atoms with Crippen LogP contribution in [0.1, 0.15) is 10.4 Å². The van der Waals surface area contributed by atoms with Crippen molar-refractivity contribution >= 4 is 23.6 Å². The van der Waals surface area contributed by atoms with E-state index >= 15 is 0 Å². The molecule has 2 aromatic carbocycles. The number of rotatable bonds is 8. The van der Waals surface area contributed by atoms with Gasteiger partial charge in [0.25, 0.3) is 5.91 Å². The first-order valence-corrected chi connectivity index (χ1v) is 9.43. The molecule has 0 saturated carbocycles. The molecule has 138 valence electrons. The highest BCUT2D eigenvalue weighted by molar-refractivity contribution is 7.99. The van der Waals surface area contributed by atoms with Crippen molar-refractivity contribution in [2.45, 2.75) is 4.90 Å². The highest BCUT2D eigenvalue weighted by Gasteiger charge is 2.10. The summed E-state index contributed by atoms with van der Waals surface area (Å²) < 4.78 is 6.75. The van der Waals surface area contributed by atoms with Gasteiger partial charge in [0.15, 0.2) is 6.61 Å². The standard InChI is InChI=1S/C20H19N3O3S/c24-19(21-12-14-27-18-5-2-1-3-6-18)15-26-20(25)16-7-9-17(10-8-16)23-13-4-11-22-23/h1-11,13H,12,14-15H2,(H,21,24). The number of thioether (sulfide) groups is 1. The first kappa shape index (κ1) is 18.7. The molecule has 1 heterocycles. The van der Waals surface area contributed by atoms with Crippen LogP contribution in [0.4, 0.5) is 0 Å². The molecule has 3 aromatic rings. The third-order valence-corrected chi connectivity index (χ3v) is 4.66. The van der Waals surface area contributed by atoms with Crippen molar-refractivity contribution in [1.82, 2.24) is 15.1 Å². The Balaban J connectivity index is 1.37. The van der Waals surface area contributed by atoms with Gasteiger partial charge in [-0.2, -0.15) is 5.10 Å². The Morgan fingerprint density at radius 2 is 1.81 bits per heavy atom. The number of esters is 1. The van der Waals surface area contributed by atoms with Crippen molar-refractivity contribution in [2.75, 3.05) is 18.9 Å². The van der Waals surface area contributed by atoms with E-state index in [9.17, 15) is 9.59 Å². The van der Waals surface area contributed by atoms with Gasteiger partial charge in [0.05, 0.1) is 11.3 Å². The van der Waals surface area contributed by atoms with Crippen LogP contribution in [0.2, 0.25) is 0 Å². The van der Waals surface area contributed by atoms with Crippen molar-refractivity contribution in [3.05, 3.63) is 78.6 Å². The molecule has 7 heteroatoms. The van der Waals surface area contributed by atoms with Crippen molar-refractivity contribution in [3.8, 4) is 5.69 Å². The van der Waals surface area contributed by atoms with Gasteiger partial charge >= 0.3 is 5.97 Å². The number of ether oxygens (including phenoxy) is 1. The predicted molar refractivity (Wildman–Crippen MR) is 104 cm³/mol. The van der Waals surface area contributed by atoms with Crippen LogP contribution in [0.3, 0.4) is 0 Å². The summed E-state index contributed by atoms with van der Waals surface area (Å²) in [7, 11) is 0. The quantitative estimate of drug-likeness (QED) is 0.369. The lowest BCUT2D eigenvalue weighted by atomic mass is 10.2. The second kappa shape index (κ2) is 9.59. The zero-order chi connectivity index (χ0) is 18.9. The molecule has 0 aliphatic heterocycles. The lowest BCUT2D eigenvalue weighted by Crippen LogP contribution is -2.30. The minimum absolute atomic E-state index is 0.296. The summed E-state index contributed by atoms with van der Waals surface area (Å²) in [5.74, 6) is -0.0977. The molecule has 1 amide bonds. The number of amides is 1. The van der Waals surface area contributed by atoms with Crippen LogP contribution in [0, 0.1) is 0 Å². The van der Waals surface area contributed by atoms with Crippen molar-refractivity contribution in [1.29, 1.82) is 0 Å². The number of aromatic nitrogens is 2. The number of hydrogen-bond donors (Lipinski definition) is 1. The second-order valence-corrected chi connectivity index (χ2v) is 6.75. The Morgan fingerprint density at radius 3 is 2.52 bits per heavy atom. The SMILES string of the molecule is O=C(COC(=O)c1ccc(-n2cccn2)cc1)NCCSc1ccccc1. The van der Waals surface area contributed by atoms with Crippen LogP contribution in [-0.4, -0.2) is 40.6 Å². The highest BCUT2D eigenvalue weighted by atomic mass is 32.2. The smallest absolute Gasteiger partial charge is 0.338 e. The van der Waals surface area contributed by atoms with Gasteiger partial charge < -0.3 is 10.1 Å². The van der Waals surface area contributed by atoms with Crippen LogP contribution < -0.4 is 5.32 Å². The maximum Gasteiger partial charge on any atom is 0.338 e. The first-order valence-electron chi connectivity index (χ1n) is 8.44. The van der Waals surface area contributed by atoms with Gasteiger partial charge in [-0.25, -0.2) is 9.48 Å². The van der Waals surface area contributed by atoms with Crippen LogP contribution in [0.15, 0.2) is 78.0 Å². The molecule has 1 N–H and O–H groups in total. The van der Waals surface area contributed by atoms with Gasteiger partial charge in [0, 0.05) is 29.6 Å². The molecule has 0 atom stereocenters. The Hall–Kier alpha value is -3.06. The van der Waals surface area contributed by atoms with Crippen molar-refractivity contribution in [2.24, 2.45) is 0 Å². The summed E-state index contributed by atoms with van der Waals surface area (Å²) in [6.07, 6.45) is 3.49. The monoisotopic (exact) mass is 381 g/mol. The maximum absolute atomic E-state index is 12.0. The first-order chi connectivity index (χ1) is 13.2. The Morgan fingerprint density at radius 1 is 1.04 bits per heavy atom. The summed E-state index contributed by atoms with van der Waals surface area (Å²) >= 11 is 1.65. The number of benzene rings is 2. The number of nitrogens with one attached hydrogen (secondary N) is 1. The van der Waals surface area contributed by atoms with Gasteiger partial charge in [0.1, 0.15) is 0 Å². The molecule has 0 fully saturated rings. The summed E-state index contributed by atoms with van der Waals surface area (Å²) in [5.41, 5.74) is 1.23. The molecule has 0 bridgehead atoms. The van der Waals surface area contributed by atoms with E-state index in [2.05, 4.69) is 10.4 Å². The average molecular weight is 381 g/mol. The zero-order valence-corrected chi connectivity index (χ0v) is 15.4. The van der Waals surface area contributed by atoms with Gasteiger partial charge in [-0.1, -0.05) is 18.2 Å². The van der Waals surface area contributed by atoms with Gasteiger partial charge in [0.2, 0.25) is 0 Å². The van der Waals surface area contributed by atoms with Crippen LogP contribution in [0.5, 0.6) is 0 Å². The minimum Gasteiger partial charge on any atom is -0.452 e. The normalized spacial score (nSPS) is 10.4. The Kier molecular flexibility index (Phi) is 6.65. The van der Waals surface area contributed by atoms with Gasteiger partial charge in [-0.3, -0.25) is 4.79 Å². The van der Waals surface area contributed by atoms with E-state index in [1.807, 2.05) is 42.6 Å². The summed E-state index contributed by atoms with van der Waals surface area (Å²) in [6.45, 7) is 0.213. The topological polar surface area (TPSA) is 73.2 Å². The number of carbonyl (C=O) groups excluding carboxylic acids is 2. The molecule has 3 rings (SSSR count). The molecule has 1 aromatic heterocycles. The van der Waals surface area contributed by atoms with E-state index in [0.29, 0.717) is 12.1 Å². The fourth-order valence-electron chi connectivity index (χ4n) is 2.31. The minimum atomic E-state index is -0.532. The van der Waals surface area contributed by atoms with Crippen LogP contribution in [0.25, 0.3) is 5.69 Å². The molecular weight excluding hydrogens is 362 g/mol.